The second kappa shape index (κ2) is 3.34. The highest BCUT2D eigenvalue weighted by Gasteiger charge is 2.17. The Kier molecular flexibility index (Phi) is 2.72. The first-order valence-electron chi connectivity index (χ1n) is 4.59. The van der Waals surface area contributed by atoms with Gasteiger partial charge in [0.25, 0.3) is 0 Å². The van der Waals surface area contributed by atoms with Crippen molar-refractivity contribution in [2.75, 3.05) is 0 Å². The van der Waals surface area contributed by atoms with E-state index in [1.165, 1.54) is 16.7 Å². The molecule has 0 aliphatic rings. The zero-order chi connectivity index (χ0) is 10.2. The Hall–Kier alpha value is -0.490. The molecule has 0 unspecified atom stereocenters. The highest BCUT2D eigenvalue weighted by atomic mass is 35.5. The summed E-state index contributed by atoms with van der Waals surface area (Å²) >= 11 is 6.13. The first-order chi connectivity index (χ1) is 5.82. The number of aryl methyl sites for hydroxylation is 1. The number of halogens is 1. The van der Waals surface area contributed by atoms with E-state index >= 15 is 0 Å². The SMILES string of the molecule is Cc1cc(Cl)c(C)c(C(C)(C)C)c1. The van der Waals surface area contributed by atoms with Gasteiger partial charge in [-0.3, -0.25) is 0 Å². The number of hydrogen-bond donors (Lipinski definition) is 0. The van der Waals surface area contributed by atoms with Crippen LogP contribution in [0.2, 0.25) is 5.02 Å². The van der Waals surface area contributed by atoms with E-state index in [1.54, 1.807) is 0 Å². The Bertz CT molecular complexity index is 319. The molecule has 0 radical (unpaired) electrons. The molecule has 0 atom stereocenters. The van der Waals surface area contributed by atoms with Crippen LogP contribution in [-0.2, 0) is 5.41 Å². The molecule has 0 fully saturated rings. The Morgan fingerprint density at radius 2 is 1.62 bits per heavy atom. The molecule has 0 saturated carbocycles. The summed E-state index contributed by atoms with van der Waals surface area (Å²) in [6.45, 7) is 10.8. The van der Waals surface area contributed by atoms with Gasteiger partial charge in [-0.15, -0.1) is 0 Å². The molecule has 0 saturated heterocycles. The Balaban J connectivity index is 3.37. The van der Waals surface area contributed by atoms with Crippen LogP contribution in [0.4, 0.5) is 0 Å². The van der Waals surface area contributed by atoms with Crippen molar-refractivity contribution in [3.8, 4) is 0 Å². The monoisotopic (exact) mass is 196 g/mol. The van der Waals surface area contributed by atoms with Crippen LogP contribution in [0.15, 0.2) is 12.1 Å². The van der Waals surface area contributed by atoms with E-state index in [9.17, 15) is 0 Å². The third-order valence-corrected chi connectivity index (χ3v) is 2.69. The fraction of sp³-hybridized carbons (Fsp3) is 0.500. The second-order valence-corrected chi connectivity index (χ2v) is 5.08. The molecule has 0 aromatic heterocycles. The van der Waals surface area contributed by atoms with Crippen molar-refractivity contribution in [1.29, 1.82) is 0 Å². The lowest BCUT2D eigenvalue weighted by Gasteiger charge is -2.23. The molecule has 72 valence electrons. The average molecular weight is 197 g/mol. The zero-order valence-electron chi connectivity index (χ0n) is 9.03. The molecule has 1 aromatic carbocycles. The van der Waals surface area contributed by atoms with Gasteiger partial charge in [0, 0.05) is 5.02 Å². The predicted octanol–water partition coefficient (Wildman–Crippen LogP) is 4.25. The van der Waals surface area contributed by atoms with Crippen LogP contribution in [0.1, 0.15) is 37.5 Å². The van der Waals surface area contributed by atoms with E-state index in [-0.39, 0.29) is 5.41 Å². The standard InChI is InChI=1S/C12H17Cl/c1-8-6-10(12(3,4)5)9(2)11(13)7-8/h6-7H,1-5H3. The summed E-state index contributed by atoms with van der Waals surface area (Å²) < 4.78 is 0. The molecule has 0 aliphatic heterocycles. The van der Waals surface area contributed by atoms with Crippen molar-refractivity contribution >= 4 is 11.6 Å². The molecule has 0 nitrogen and oxygen atoms in total. The molecule has 1 aromatic rings. The van der Waals surface area contributed by atoms with Crippen molar-refractivity contribution in [3.63, 3.8) is 0 Å². The predicted molar refractivity (Wildman–Crippen MR) is 59.6 cm³/mol. The van der Waals surface area contributed by atoms with Crippen LogP contribution in [-0.4, -0.2) is 0 Å². The molecular weight excluding hydrogens is 180 g/mol. The van der Waals surface area contributed by atoms with E-state index in [0.29, 0.717) is 0 Å². The minimum atomic E-state index is 0.180. The summed E-state index contributed by atoms with van der Waals surface area (Å²) in [5.41, 5.74) is 3.97. The highest BCUT2D eigenvalue weighted by Crippen LogP contribution is 2.30. The van der Waals surface area contributed by atoms with Crippen LogP contribution in [0.3, 0.4) is 0 Å². The fourth-order valence-electron chi connectivity index (χ4n) is 1.59. The number of rotatable bonds is 0. The summed E-state index contributed by atoms with van der Waals surface area (Å²) in [6, 6.07) is 4.24. The lowest BCUT2D eigenvalue weighted by atomic mass is 9.83. The number of hydrogen-bond acceptors (Lipinski definition) is 0. The van der Waals surface area contributed by atoms with Crippen molar-refractivity contribution in [1.82, 2.24) is 0 Å². The molecule has 1 rings (SSSR count). The van der Waals surface area contributed by atoms with E-state index in [0.717, 1.165) is 5.02 Å². The lowest BCUT2D eigenvalue weighted by Crippen LogP contribution is -2.13. The smallest absolute Gasteiger partial charge is 0.0440 e. The number of benzene rings is 1. The summed E-state index contributed by atoms with van der Waals surface area (Å²) in [7, 11) is 0. The fourth-order valence-corrected chi connectivity index (χ4v) is 1.87. The average Bonchev–Trinajstić information content (AvgIpc) is 1.94. The molecular formula is C12H17Cl. The lowest BCUT2D eigenvalue weighted by molar-refractivity contribution is 0.585. The van der Waals surface area contributed by atoms with Crippen molar-refractivity contribution < 1.29 is 0 Å². The Labute approximate surface area is 85.9 Å². The topological polar surface area (TPSA) is 0 Å². The molecule has 0 aliphatic carbocycles. The van der Waals surface area contributed by atoms with Gasteiger partial charge in [-0.05, 0) is 42.0 Å². The molecule has 0 amide bonds. The second-order valence-electron chi connectivity index (χ2n) is 4.67. The summed E-state index contributed by atoms with van der Waals surface area (Å²) in [5.74, 6) is 0. The van der Waals surface area contributed by atoms with Crippen molar-refractivity contribution in [3.05, 3.63) is 33.8 Å². The van der Waals surface area contributed by atoms with Crippen LogP contribution < -0.4 is 0 Å². The van der Waals surface area contributed by atoms with Crippen LogP contribution in [0.25, 0.3) is 0 Å². The molecule has 0 spiro atoms. The maximum atomic E-state index is 6.13. The maximum Gasteiger partial charge on any atom is 0.0440 e. The van der Waals surface area contributed by atoms with Gasteiger partial charge in [0.15, 0.2) is 0 Å². The van der Waals surface area contributed by atoms with Gasteiger partial charge in [0.1, 0.15) is 0 Å². The normalized spacial score (nSPS) is 11.8. The molecule has 13 heavy (non-hydrogen) atoms. The summed E-state index contributed by atoms with van der Waals surface area (Å²) in [4.78, 5) is 0. The third kappa shape index (κ3) is 2.25. The van der Waals surface area contributed by atoms with Crippen molar-refractivity contribution in [2.24, 2.45) is 0 Å². The van der Waals surface area contributed by atoms with E-state index < -0.39 is 0 Å². The van der Waals surface area contributed by atoms with Gasteiger partial charge in [-0.1, -0.05) is 38.4 Å². The Morgan fingerprint density at radius 1 is 1.08 bits per heavy atom. The van der Waals surface area contributed by atoms with Gasteiger partial charge in [-0.25, -0.2) is 0 Å². The molecule has 0 bridgehead atoms. The summed E-state index contributed by atoms with van der Waals surface area (Å²) in [5, 5.41) is 0.880. The maximum absolute atomic E-state index is 6.13. The van der Waals surface area contributed by atoms with Crippen molar-refractivity contribution in [2.45, 2.75) is 40.0 Å². The van der Waals surface area contributed by atoms with Gasteiger partial charge in [0.05, 0.1) is 0 Å². The van der Waals surface area contributed by atoms with Crippen LogP contribution in [0.5, 0.6) is 0 Å². The minimum absolute atomic E-state index is 0.180. The zero-order valence-corrected chi connectivity index (χ0v) is 9.79. The molecule has 0 N–H and O–H groups in total. The Morgan fingerprint density at radius 3 is 2.08 bits per heavy atom. The molecule has 1 heteroatoms. The minimum Gasteiger partial charge on any atom is -0.0840 e. The van der Waals surface area contributed by atoms with E-state index in [4.69, 9.17) is 11.6 Å². The first kappa shape index (κ1) is 10.6. The third-order valence-electron chi connectivity index (χ3n) is 2.30. The van der Waals surface area contributed by atoms with E-state index in [1.807, 2.05) is 6.07 Å². The molecule has 0 heterocycles. The van der Waals surface area contributed by atoms with Gasteiger partial charge < -0.3 is 0 Å². The van der Waals surface area contributed by atoms with Gasteiger partial charge >= 0.3 is 0 Å². The van der Waals surface area contributed by atoms with Crippen LogP contribution >= 0.6 is 11.6 Å². The quantitative estimate of drug-likeness (QED) is 0.582. The van der Waals surface area contributed by atoms with Crippen LogP contribution in [0, 0.1) is 13.8 Å². The van der Waals surface area contributed by atoms with Gasteiger partial charge in [0.2, 0.25) is 0 Å². The summed E-state index contributed by atoms with van der Waals surface area (Å²) in [6.07, 6.45) is 0. The van der Waals surface area contributed by atoms with E-state index in [2.05, 4.69) is 40.7 Å². The highest BCUT2D eigenvalue weighted by molar-refractivity contribution is 6.31. The largest absolute Gasteiger partial charge is 0.0840 e. The first-order valence-corrected chi connectivity index (χ1v) is 4.97. The van der Waals surface area contributed by atoms with Gasteiger partial charge in [-0.2, -0.15) is 0 Å².